The van der Waals surface area contributed by atoms with E-state index in [9.17, 15) is 10.2 Å². The van der Waals surface area contributed by atoms with Gasteiger partial charge in [-0.15, -0.1) is 0 Å². The molecule has 1 aliphatic heterocycles. The van der Waals surface area contributed by atoms with Gasteiger partial charge in [-0.25, -0.2) is 0 Å². The predicted molar refractivity (Wildman–Crippen MR) is 72.3 cm³/mol. The van der Waals surface area contributed by atoms with Crippen molar-refractivity contribution in [3.63, 3.8) is 0 Å². The molecule has 1 saturated heterocycles. The summed E-state index contributed by atoms with van der Waals surface area (Å²) in [7, 11) is 1.55. The summed E-state index contributed by atoms with van der Waals surface area (Å²) in [6, 6.07) is 0. The monoisotopic (exact) mass is 272 g/mol. The van der Waals surface area contributed by atoms with E-state index in [0.717, 1.165) is 12.8 Å². The molecule has 0 spiro atoms. The van der Waals surface area contributed by atoms with E-state index in [-0.39, 0.29) is 5.92 Å². The third-order valence-corrected chi connectivity index (χ3v) is 5.20. The molecule has 0 amide bonds. The van der Waals surface area contributed by atoms with Crippen LogP contribution in [0.15, 0.2) is 0 Å². The molecule has 2 fully saturated rings. The third kappa shape index (κ3) is 3.48. The maximum Gasteiger partial charge on any atom is 0.162 e. The lowest BCUT2D eigenvalue weighted by Crippen LogP contribution is -2.39. The Morgan fingerprint density at radius 1 is 1.32 bits per heavy atom. The minimum atomic E-state index is -0.981. The number of fused-ring (bicyclic) bond motifs is 1. The summed E-state index contributed by atoms with van der Waals surface area (Å²) in [4.78, 5) is 0. The van der Waals surface area contributed by atoms with Crippen molar-refractivity contribution in [1.82, 2.24) is 0 Å². The molecule has 6 atom stereocenters. The molecule has 2 rings (SSSR count). The Kier molecular flexibility index (Phi) is 4.88. The van der Waals surface area contributed by atoms with E-state index < -0.39 is 12.1 Å². The highest BCUT2D eigenvalue weighted by Gasteiger charge is 2.42. The molecule has 1 aliphatic carbocycles. The number of aliphatic hydroxyl groups is 2. The average Bonchev–Trinajstić information content (AvgIpc) is 2.56. The van der Waals surface area contributed by atoms with Crippen LogP contribution < -0.4 is 0 Å². The van der Waals surface area contributed by atoms with Crippen LogP contribution in [0.5, 0.6) is 0 Å². The van der Waals surface area contributed by atoms with Gasteiger partial charge >= 0.3 is 0 Å². The molecule has 0 aromatic heterocycles. The third-order valence-electron chi connectivity index (χ3n) is 5.20. The first kappa shape index (κ1) is 15.2. The fourth-order valence-electron chi connectivity index (χ4n) is 3.89. The van der Waals surface area contributed by atoms with Crippen LogP contribution in [-0.2, 0) is 9.47 Å². The summed E-state index contributed by atoms with van der Waals surface area (Å²) in [5.41, 5.74) is 0. The first-order chi connectivity index (χ1) is 8.94. The standard InChI is InChI=1S/C15H28O4/c1-10(14(16)18-3)12-6-4-5-11-7-8-15(2,17)19-9-13(11)12/h10-14,16-17H,4-9H2,1-3H3/t10?,11?,12?,13?,14?,15-/m0/s1. The summed E-state index contributed by atoms with van der Waals surface area (Å²) in [6.07, 6.45) is 4.57. The van der Waals surface area contributed by atoms with E-state index in [1.165, 1.54) is 12.8 Å². The Hall–Kier alpha value is -0.160. The van der Waals surface area contributed by atoms with E-state index in [4.69, 9.17) is 9.47 Å². The highest BCUT2D eigenvalue weighted by Crippen LogP contribution is 2.45. The zero-order valence-electron chi connectivity index (χ0n) is 12.3. The number of ether oxygens (including phenoxy) is 2. The molecule has 2 N–H and O–H groups in total. The second-order valence-corrected chi connectivity index (χ2v) is 6.53. The van der Waals surface area contributed by atoms with Crippen LogP contribution in [0.3, 0.4) is 0 Å². The largest absolute Gasteiger partial charge is 0.368 e. The van der Waals surface area contributed by atoms with Crippen LogP contribution in [-0.4, -0.2) is 36.0 Å². The zero-order chi connectivity index (χ0) is 14.0. The molecule has 4 nitrogen and oxygen atoms in total. The zero-order valence-corrected chi connectivity index (χ0v) is 12.3. The van der Waals surface area contributed by atoms with Crippen molar-refractivity contribution in [1.29, 1.82) is 0 Å². The van der Waals surface area contributed by atoms with Gasteiger partial charge in [0.1, 0.15) is 0 Å². The van der Waals surface area contributed by atoms with Crippen molar-refractivity contribution >= 4 is 0 Å². The number of rotatable bonds is 3. The Morgan fingerprint density at radius 2 is 2.05 bits per heavy atom. The highest BCUT2D eigenvalue weighted by molar-refractivity contribution is 4.88. The van der Waals surface area contributed by atoms with Gasteiger partial charge in [0.15, 0.2) is 12.1 Å². The number of aliphatic hydroxyl groups excluding tert-OH is 1. The van der Waals surface area contributed by atoms with Crippen molar-refractivity contribution in [3.05, 3.63) is 0 Å². The first-order valence-corrected chi connectivity index (χ1v) is 7.52. The summed E-state index contributed by atoms with van der Waals surface area (Å²) in [5.74, 6) is 0.596. The van der Waals surface area contributed by atoms with Crippen LogP contribution in [0.1, 0.15) is 46.0 Å². The minimum Gasteiger partial charge on any atom is -0.368 e. The van der Waals surface area contributed by atoms with Gasteiger partial charge in [0, 0.05) is 19.4 Å². The molecule has 5 unspecified atom stereocenters. The van der Waals surface area contributed by atoms with E-state index in [1.807, 2.05) is 0 Å². The van der Waals surface area contributed by atoms with Gasteiger partial charge in [-0.2, -0.15) is 0 Å². The molecule has 19 heavy (non-hydrogen) atoms. The summed E-state index contributed by atoms with van der Waals surface area (Å²) < 4.78 is 10.8. The van der Waals surface area contributed by atoms with Crippen molar-refractivity contribution in [2.45, 2.75) is 58.0 Å². The molecule has 0 radical (unpaired) electrons. The van der Waals surface area contributed by atoms with Gasteiger partial charge in [-0.05, 0) is 37.5 Å². The van der Waals surface area contributed by atoms with Gasteiger partial charge < -0.3 is 19.7 Å². The predicted octanol–water partition coefficient (Wildman–Crippen LogP) is 2.14. The molecule has 2 aliphatic rings. The van der Waals surface area contributed by atoms with Crippen LogP contribution >= 0.6 is 0 Å². The molecule has 0 bridgehead atoms. The molecule has 1 heterocycles. The smallest absolute Gasteiger partial charge is 0.162 e. The van der Waals surface area contributed by atoms with E-state index in [1.54, 1.807) is 14.0 Å². The molecular weight excluding hydrogens is 244 g/mol. The van der Waals surface area contributed by atoms with E-state index in [0.29, 0.717) is 30.8 Å². The average molecular weight is 272 g/mol. The number of methoxy groups -OCH3 is 1. The van der Waals surface area contributed by atoms with Gasteiger partial charge in [0.2, 0.25) is 0 Å². The maximum absolute atomic E-state index is 10.1. The van der Waals surface area contributed by atoms with Crippen molar-refractivity contribution < 1.29 is 19.7 Å². The fourth-order valence-corrected chi connectivity index (χ4v) is 3.89. The van der Waals surface area contributed by atoms with E-state index >= 15 is 0 Å². The minimum absolute atomic E-state index is 0.115. The Balaban J connectivity index is 2.08. The molecular formula is C15H28O4. The van der Waals surface area contributed by atoms with Crippen molar-refractivity contribution in [2.24, 2.45) is 23.7 Å². The summed E-state index contributed by atoms with van der Waals surface area (Å²) in [6.45, 7) is 4.42. The normalized spacial score (nSPS) is 43.1. The van der Waals surface area contributed by atoms with Crippen LogP contribution in [0.25, 0.3) is 0 Å². The quantitative estimate of drug-likeness (QED) is 0.773. The second-order valence-electron chi connectivity index (χ2n) is 6.53. The molecule has 1 saturated carbocycles. The molecule has 0 aromatic carbocycles. The highest BCUT2D eigenvalue weighted by atomic mass is 16.6. The molecule has 0 aromatic rings. The first-order valence-electron chi connectivity index (χ1n) is 7.52. The Labute approximate surface area is 116 Å². The summed E-state index contributed by atoms with van der Waals surface area (Å²) >= 11 is 0. The molecule has 112 valence electrons. The lowest BCUT2D eigenvalue weighted by molar-refractivity contribution is -0.199. The number of hydrogen-bond donors (Lipinski definition) is 2. The van der Waals surface area contributed by atoms with Crippen molar-refractivity contribution in [3.8, 4) is 0 Å². The van der Waals surface area contributed by atoms with Gasteiger partial charge in [-0.3, -0.25) is 0 Å². The van der Waals surface area contributed by atoms with E-state index in [2.05, 4.69) is 6.92 Å². The SMILES string of the molecule is COC(O)C(C)C1CCCC2CC[C@@](C)(O)OCC21. The van der Waals surface area contributed by atoms with Crippen molar-refractivity contribution in [2.75, 3.05) is 13.7 Å². The Bertz CT molecular complexity index is 292. The van der Waals surface area contributed by atoms with Crippen LogP contribution in [0.4, 0.5) is 0 Å². The van der Waals surface area contributed by atoms with Crippen LogP contribution in [0.2, 0.25) is 0 Å². The second kappa shape index (κ2) is 6.08. The van der Waals surface area contributed by atoms with Gasteiger partial charge in [0.25, 0.3) is 0 Å². The van der Waals surface area contributed by atoms with Crippen LogP contribution in [0, 0.1) is 23.7 Å². The topological polar surface area (TPSA) is 58.9 Å². The lowest BCUT2D eigenvalue weighted by Gasteiger charge is -2.41. The lowest BCUT2D eigenvalue weighted by atomic mass is 9.66. The molecule has 4 heteroatoms. The van der Waals surface area contributed by atoms with Gasteiger partial charge in [0.05, 0.1) is 6.61 Å². The fraction of sp³-hybridized carbons (Fsp3) is 1.00. The number of hydrogen-bond acceptors (Lipinski definition) is 4. The summed E-state index contributed by atoms with van der Waals surface area (Å²) in [5, 5.41) is 20.0. The maximum atomic E-state index is 10.1. The van der Waals surface area contributed by atoms with Gasteiger partial charge in [-0.1, -0.05) is 19.8 Å². The Morgan fingerprint density at radius 3 is 2.74 bits per heavy atom.